The van der Waals surface area contributed by atoms with E-state index in [0.717, 1.165) is 0 Å². The van der Waals surface area contributed by atoms with Crippen molar-refractivity contribution in [3.63, 3.8) is 0 Å². The van der Waals surface area contributed by atoms with Crippen molar-refractivity contribution in [3.05, 3.63) is 12.4 Å². The first-order valence-corrected chi connectivity index (χ1v) is 7.49. The van der Waals surface area contributed by atoms with Crippen LogP contribution < -0.4 is 11.5 Å². The fourth-order valence-electron chi connectivity index (χ4n) is 2.49. The van der Waals surface area contributed by atoms with Crippen LogP contribution in [0.3, 0.4) is 0 Å². The number of carbonyl (C=O) groups excluding carboxylic acids is 1. The van der Waals surface area contributed by atoms with Gasteiger partial charge in [-0.15, -0.1) is 0 Å². The lowest BCUT2D eigenvalue weighted by Gasteiger charge is -2.16. The average Bonchev–Trinajstić information content (AvgIpc) is 3.09. The highest BCUT2D eigenvalue weighted by Crippen LogP contribution is 2.32. The number of hydrogen-bond donors (Lipinski definition) is 4. The van der Waals surface area contributed by atoms with Gasteiger partial charge in [-0.3, -0.25) is 9.36 Å². The maximum Gasteiger partial charge on any atom is 0.312 e. The molecule has 0 spiro atoms. The molecule has 3 heterocycles. The van der Waals surface area contributed by atoms with Crippen LogP contribution in [0, 0.1) is 6.08 Å². The fraction of sp³-hybridized carbons (Fsp3) is 0.538. The molecule has 6 N–H and O–H groups in total. The number of aliphatic hydroxyl groups is 2. The number of nitrogen functional groups attached to an aromatic ring is 1. The highest BCUT2D eigenvalue weighted by Gasteiger charge is 2.46. The fourth-order valence-corrected chi connectivity index (χ4v) is 2.49. The molecule has 0 aromatic carbocycles. The molecule has 0 saturated carbocycles. The molecule has 11 nitrogen and oxygen atoms in total. The standard InChI is InChI=1S/C13H17FN6O5/c14-13-18-9(16)6-10(19-13)20(4-17-6)11-7(22)8(23)12(25-11)24-5(21)2-1-3-15/h4,7-8,11-12,22-23H,1-3,15H2,(H2,16,18,19)/t7-,8+,11-,12+/m1/s1. The summed E-state index contributed by atoms with van der Waals surface area (Å²) in [5.41, 5.74) is 11.0. The third-order valence-electron chi connectivity index (χ3n) is 3.72. The molecule has 2 aromatic heterocycles. The molecule has 0 amide bonds. The van der Waals surface area contributed by atoms with E-state index in [-0.39, 0.29) is 23.4 Å². The van der Waals surface area contributed by atoms with E-state index in [1.165, 1.54) is 10.9 Å². The van der Waals surface area contributed by atoms with E-state index < -0.39 is 36.8 Å². The number of halogens is 1. The molecule has 4 atom stereocenters. The molecular weight excluding hydrogens is 339 g/mol. The van der Waals surface area contributed by atoms with Crippen LogP contribution in [0.25, 0.3) is 11.2 Å². The molecule has 3 rings (SSSR count). The van der Waals surface area contributed by atoms with Crippen LogP contribution in [0.2, 0.25) is 0 Å². The van der Waals surface area contributed by atoms with Crippen molar-refractivity contribution in [1.82, 2.24) is 19.5 Å². The summed E-state index contributed by atoms with van der Waals surface area (Å²) in [7, 11) is 0. The van der Waals surface area contributed by atoms with Gasteiger partial charge in [-0.2, -0.15) is 14.4 Å². The van der Waals surface area contributed by atoms with Gasteiger partial charge >= 0.3 is 12.0 Å². The molecule has 0 bridgehead atoms. The minimum atomic E-state index is -1.51. The first-order valence-electron chi connectivity index (χ1n) is 7.49. The first-order chi connectivity index (χ1) is 11.9. The number of carbonyl (C=O) groups is 1. The molecule has 12 heteroatoms. The number of nitrogens with zero attached hydrogens (tertiary/aromatic N) is 4. The third-order valence-corrected chi connectivity index (χ3v) is 3.72. The van der Waals surface area contributed by atoms with E-state index >= 15 is 0 Å². The zero-order valence-electron chi connectivity index (χ0n) is 12.9. The number of fused-ring (bicyclic) bond motifs is 1. The lowest BCUT2D eigenvalue weighted by Crippen LogP contribution is -2.34. The van der Waals surface area contributed by atoms with Gasteiger partial charge in [0.2, 0.25) is 6.29 Å². The Labute approximate surface area is 140 Å². The third kappa shape index (κ3) is 3.24. The maximum absolute atomic E-state index is 13.4. The zero-order chi connectivity index (χ0) is 18.1. The molecule has 0 unspecified atom stereocenters. The molecule has 0 aliphatic carbocycles. The molecule has 0 radical (unpaired) electrons. The number of rotatable bonds is 5. The van der Waals surface area contributed by atoms with Gasteiger partial charge in [0.1, 0.15) is 12.2 Å². The summed E-state index contributed by atoms with van der Waals surface area (Å²) in [5.74, 6) is -0.811. The van der Waals surface area contributed by atoms with Gasteiger partial charge in [0.15, 0.2) is 23.2 Å². The van der Waals surface area contributed by atoms with Crippen LogP contribution in [0.1, 0.15) is 19.1 Å². The molecule has 25 heavy (non-hydrogen) atoms. The van der Waals surface area contributed by atoms with E-state index in [2.05, 4.69) is 15.0 Å². The molecule has 1 aliphatic rings. The Hall–Kier alpha value is -2.41. The highest BCUT2D eigenvalue weighted by atomic mass is 19.1. The van der Waals surface area contributed by atoms with Crippen LogP contribution >= 0.6 is 0 Å². The summed E-state index contributed by atoms with van der Waals surface area (Å²) in [6, 6.07) is 0. The molecule has 136 valence electrons. The van der Waals surface area contributed by atoms with Crippen LogP contribution in [-0.4, -0.2) is 60.7 Å². The van der Waals surface area contributed by atoms with Gasteiger partial charge in [0.05, 0.1) is 6.33 Å². The van der Waals surface area contributed by atoms with Crippen LogP contribution in [0.5, 0.6) is 0 Å². The second-order valence-corrected chi connectivity index (χ2v) is 5.46. The van der Waals surface area contributed by atoms with Crippen molar-refractivity contribution in [2.24, 2.45) is 5.73 Å². The van der Waals surface area contributed by atoms with Crippen LogP contribution in [0.15, 0.2) is 6.33 Å². The number of esters is 1. The number of aliphatic hydroxyl groups excluding tert-OH is 2. The SMILES string of the molecule is NCCCC(=O)O[C@H]1O[C@@H](n2cnc3c(N)nc(F)nc32)[C@H](O)[C@@H]1O. The zero-order valence-corrected chi connectivity index (χ0v) is 12.9. The van der Waals surface area contributed by atoms with E-state index in [1.54, 1.807) is 0 Å². The maximum atomic E-state index is 13.4. The van der Waals surface area contributed by atoms with Crippen molar-refractivity contribution in [1.29, 1.82) is 0 Å². The van der Waals surface area contributed by atoms with Crippen molar-refractivity contribution in [2.45, 2.75) is 37.6 Å². The average molecular weight is 356 g/mol. The smallest absolute Gasteiger partial charge is 0.312 e. The van der Waals surface area contributed by atoms with Crippen molar-refractivity contribution >= 4 is 23.0 Å². The second-order valence-electron chi connectivity index (χ2n) is 5.46. The molecule has 1 aliphatic heterocycles. The predicted octanol–water partition coefficient (Wildman–Crippen LogP) is -1.59. The Morgan fingerprint density at radius 3 is 2.88 bits per heavy atom. The Morgan fingerprint density at radius 2 is 2.16 bits per heavy atom. The largest absolute Gasteiger partial charge is 0.433 e. The van der Waals surface area contributed by atoms with Gasteiger partial charge in [-0.25, -0.2) is 4.98 Å². The molecular formula is C13H17FN6O5. The predicted molar refractivity (Wildman–Crippen MR) is 80.0 cm³/mol. The highest BCUT2D eigenvalue weighted by molar-refractivity contribution is 5.81. The molecule has 1 fully saturated rings. The summed E-state index contributed by atoms with van der Waals surface area (Å²) in [6.07, 6.45) is -4.99. The van der Waals surface area contributed by atoms with Crippen LogP contribution in [0.4, 0.5) is 10.2 Å². The monoisotopic (exact) mass is 356 g/mol. The quantitative estimate of drug-likeness (QED) is 0.361. The lowest BCUT2D eigenvalue weighted by molar-refractivity contribution is -0.193. The van der Waals surface area contributed by atoms with Gasteiger partial charge in [-0.1, -0.05) is 0 Å². The Bertz CT molecular complexity index is 786. The minimum Gasteiger partial charge on any atom is -0.433 e. The summed E-state index contributed by atoms with van der Waals surface area (Å²) < 4.78 is 25.0. The Balaban J connectivity index is 1.83. The normalized spacial score (nSPS) is 26.2. The number of nitrogens with two attached hydrogens (primary N) is 2. The van der Waals surface area contributed by atoms with Gasteiger partial charge in [-0.05, 0) is 13.0 Å². The number of hydrogen-bond acceptors (Lipinski definition) is 10. The van der Waals surface area contributed by atoms with Crippen molar-refractivity contribution < 1.29 is 28.9 Å². The van der Waals surface area contributed by atoms with Gasteiger partial charge in [0, 0.05) is 6.42 Å². The second kappa shape index (κ2) is 6.84. The number of ether oxygens (including phenoxy) is 2. The summed E-state index contributed by atoms with van der Waals surface area (Å²) in [4.78, 5) is 22.5. The Kier molecular flexibility index (Phi) is 4.76. The first kappa shape index (κ1) is 17.4. The number of aromatic nitrogens is 4. The molecule has 1 saturated heterocycles. The summed E-state index contributed by atoms with van der Waals surface area (Å²) >= 11 is 0. The Morgan fingerprint density at radius 1 is 1.40 bits per heavy atom. The topological polar surface area (TPSA) is 172 Å². The summed E-state index contributed by atoms with van der Waals surface area (Å²) in [5, 5.41) is 20.2. The van der Waals surface area contributed by atoms with E-state index in [9.17, 15) is 19.4 Å². The summed E-state index contributed by atoms with van der Waals surface area (Å²) in [6.45, 7) is 0.308. The van der Waals surface area contributed by atoms with Crippen LogP contribution in [-0.2, 0) is 14.3 Å². The minimum absolute atomic E-state index is 0.0311. The van der Waals surface area contributed by atoms with Gasteiger partial charge < -0.3 is 31.2 Å². The molecule has 2 aromatic rings. The van der Waals surface area contributed by atoms with E-state index in [0.29, 0.717) is 13.0 Å². The number of anilines is 1. The number of imidazole rings is 1. The van der Waals surface area contributed by atoms with Crippen molar-refractivity contribution in [2.75, 3.05) is 12.3 Å². The van der Waals surface area contributed by atoms with E-state index in [4.69, 9.17) is 20.9 Å². The lowest BCUT2D eigenvalue weighted by atomic mass is 10.2. The van der Waals surface area contributed by atoms with E-state index in [1.807, 2.05) is 0 Å². The van der Waals surface area contributed by atoms with Crippen molar-refractivity contribution in [3.8, 4) is 0 Å². The van der Waals surface area contributed by atoms with Gasteiger partial charge in [0.25, 0.3) is 0 Å².